The number of hydrogen-bond donors (Lipinski definition) is 1. The standard InChI is InChI=1S/C59H63N3O/c1-37-22-24-39(25-23-37)41-28-29-60-50(34-41)43-30-42(31-44(32-43)56(2,3)4)46-20-17-21-52-53(46)61-55(47-35-45(57(5,6)7)36-49(54(47)63)59(11,12)13)62(52)51-27-26-40(33-48(51)58(8,9)10)38-18-15-14-16-19-38/h14-36,63H,1-13H3/i1D3,22D,23D,24D,25D,28D,29D,34D. The van der Waals surface area contributed by atoms with Crippen LogP contribution in [0, 0.1) is 6.85 Å². The fourth-order valence-electron chi connectivity index (χ4n) is 8.08. The second kappa shape index (κ2) is 15.8. The molecule has 0 aliphatic heterocycles. The lowest BCUT2D eigenvalue weighted by Gasteiger charge is -2.28. The molecule has 0 bridgehead atoms. The number of aromatic hydroxyl groups is 1. The maximum absolute atomic E-state index is 12.6. The Balaban J connectivity index is 1.47. The summed E-state index contributed by atoms with van der Waals surface area (Å²) < 4.78 is 88.4. The summed E-state index contributed by atoms with van der Waals surface area (Å²) >= 11 is 0. The molecule has 4 nitrogen and oxygen atoms in total. The van der Waals surface area contributed by atoms with E-state index in [1.165, 1.54) is 0 Å². The molecule has 6 aromatic carbocycles. The van der Waals surface area contributed by atoms with Crippen molar-refractivity contribution in [2.45, 2.75) is 112 Å². The van der Waals surface area contributed by atoms with Gasteiger partial charge < -0.3 is 5.11 Å². The molecule has 0 spiro atoms. The predicted octanol–water partition coefficient (Wildman–Crippen LogP) is 16.0. The summed E-state index contributed by atoms with van der Waals surface area (Å²) in [7, 11) is 0. The van der Waals surface area contributed by atoms with Crippen molar-refractivity contribution in [2.24, 2.45) is 0 Å². The number of pyridine rings is 1. The molecule has 0 fully saturated rings. The van der Waals surface area contributed by atoms with E-state index in [4.69, 9.17) is 17.3 Å². The largest absolute Gasteiger partial charge is 0.507 e. The van der Waals surface area contributed by atoms with Crippen molar-refractivity contribution < 1.29 is 18.8 Å². The van der Waals surface area contributed by atoms with Gasteiger partial charge in [0, 0.05) is 27.0 Å². The number of imidazole rings is 1. The van der Waals surface area contributed by atoms with Crippen molar-refractivity contribution in [1.29, 1.82) is 0 Å². The Morgan fingerprint density at radius 2 is 1.21 bits per heavy atom. The molecule has 0 radical (unpaired) electrons. The van der Waals surface area contributed by atoms with Gasteiger partial charge in [-0.05, 0) is 122 Å². The van der Waals surface area contributed by atoms with Gasteiger partial charge in [-0.25, -0.2) is 4.98 Å². The summed E-state index contributed by atoms with van der Waals surface area (Å²) in [6.45, 7) is 22.5. The van der Waals surface area contributed by atoms with E-state index in [-0.39, 0.29) is 27.8 Å². The van der Waals surface area contributed by atoms with Crippen LogP contribution in [-0.4, -0.2) is 19.6 Å². The molecule has 4 heteroatoms. The Kier molecular flexibility index (Phi) is 8.14. The first-order chi connectivity index (χ1) is 33.7. The molecule has 0 unspecified atom stereocenters. The van der Waals surface area contributed by atoms with Crippen LogP contribution in [0.25, 0.3) is 72.7 Å². The molecule has 2 heterocycles. The Morgan fingerprint density at radius 1 is 0.540 bits per heavy atom. The van der Waals surface area contributed by atoms with Crippen LogP contribution >= 0.6 is 0 Å². The summed E-state index contributed by atoms with van der Waals surface area (Å²) in [5.41, 5.74) is 7.35. The molecule has 2 aromatic heterocycles. The molecule has 0 atom stereocenters. The van der Waals surface area contributed by atoms with Gasteiger partial charge in [0.25, 0.3) is 0 Å². The molecule has 0 aliphatic rings. The van der Waals surface area contributed by atoms with Crippen LogP contribution in [0.3, 0.4) is 0 Å². The number of rotatable bonds is 6. The van der Waals surface area contributed by atoms with Gasteiger partial charge in [0.2, 0.25) is 0 Å². The fraction of sp³-hybridized carbons (Fsp3) is 0.288. The Morgan fingerprint density at radius 3 is 1.86 bits per heavy atom. The first kappa shape index (κ1) is 32.4. The summed E-state index contributed by atoms with van der Waals surface area (Å²) in [6.07, 6.45) is -0.564. The van der Waals surface area contributed by atoms with E-state index in [0.29, 0.717) is 28.0 Å². The third kappa shape index (κ3) is 8.61. The zero-order chi connectivity index (χ0) is 53.8. The molecule has 0 saturated carbocycles. The molecule has 8 rings (SSSR count). The van der Waals surface area contributed by atoms with Crippen molar-refractivity contribution >= 4 is 11.0 Å². The Bertz CT molecular complexity index is 3480. The average Bonchev–Trinajstić information content (AvgIpc) is 3.68. The topological polar surface area (TPSA) is 50.9 Å². The van der Waals surface area contributed by atoms with Crippen LogP contribution in [0.5, 0.6) is 5.75 Å². The minimum absolute atomic E-state index is 0.0366. The lowest BCUT2D eigenvalue weighted by molar-refractivity contribution is 0.446. The second-order valence-corrected chi connectivity index (χ2v) is 20.7. The van der Waals surface area contributed by atoms with Crippen LogP contribution in [-0.2, 0) is 21.7 Å². The highest BCUT2D eigenvalue weighted by Crippen LogP contribution is 2.46. The van der Waals surface area contributed by atoms with E-state index >= 15 is 0 Å². The van der Waals surface area contributed by atoms with Crippen molar-refractivity contribution in [1.82, 2.24) is 14.5 Å². The first-order valence-corrected chi connectivity index (χ1v) is 21.6. The van der Waals surface area contributed by atoms with Gasteiger partial charge in [0.05, 0.1) is 37.6 Å². The molecule has 63 heavy (non-hydrogen) atoms. The summed E-state index contributed by atoms with van der Waals surface area (Å²) in [5.74, 6) is 0.674. The van der Waals surface area contributed by atoms with Gasteiger partial charge in [-0.3, -0.25) is 9.55 Å². The number of para-hydroxylation sites is 1. The third-order valence-electron chi connectivity index (χ3n) is 11.7. The van der Waals surface area contributed by atoms with Gasteiger partial charge >= 0.3 is 0 Å². The number of phenolic OH excluding ortho intramolecular Hbond substituents is 1. The van der Waals surface area contributed by atoms with E-state index in [1.54, 1.807) is 0 Å². The van der Waals surface area contributed by atoms with Crippen molar-refractivity contribution in [3.63, 3.8) is 0 Å². The molecular formula is C59H63N3O. The zero-order valence-corrected chi connectivity index (χ0v) is 38.5. The zero-order valence-electron chi connectivity index (χ0n) is 48.5. The summed E-state index contributed by atoms with van der Waals surface area (Å²) in [5, 5.41) is 12.6. The van der Waals surface area contributed by atoms with E-state index in [2.05, 4.69) is 120 Å². The van der Waals surface area contributed by atoms with Crippen LogP contribution < -0.4 is 0 Å². The first-order valence-electron chi connectivity index (χ1n) is 26.6. The average molecular weight is 840 g/mol. The molecule has 0 saturated heterocycles. The van der Waals surface area contributed by atoms with E-state index in [9.17, 15) is 6.48 Å². The molecule has 0 aliphatic carbocycles. The number of aromatic nitrogens is 3. The van der Waals surface area contributed by atoms with E-state index in [1.807, 2.05) is 69.3 Å². The third-order valence-corrected chi connectivity index (χ3v) is 11.7. The van der Waals surface area contributed by atoms with Gasteiger partial charge in [-0.15, -0.1) is 0 Å². The highest BCUT2D eigenvalue weighted by molar-refractivity contribution is 5.97. The normalized spacial score (nSPS) is 15.0. The SMILES string of the molecule is [2H]c1nc(-c2cc(-c3cccc4c3nc(-c3cc(C(C)(C)C)cc(C(C)(C)C)c3O)n4-c3ccc(-c4ccccc4)cc3C(C)(C)C)cc(C(C)(C)C)c2)c([2H])c(-c2c([2H])c([2H])c(C([2H])([2H])[2H])c([2H])c2[2H])c1[2H]. The van der Waals surface area contributed by atoms with E-state index in [0.717, 1.165) is 50.1 Å². The predicted molar refractivity (Wildman–Crippen MR) is 267 cm³/mol. The summed E-state index contributed by atoms with van der Waals surface area (Å²) in [6, 6.07) is 28.6. The minimum Gasteiger partial charge on any atom is -0.507 e. The van der Waals surface area contributed by atoms with Gasteiger partial charge in [-0.1, -0.05) is 173 Å². The molecule has 0 amide bonds. The van der Waals surface area contributed by atoms with E-state index < -0.39 is 71.2 Å². The molecule has 8 aromatic rings. The van der Waals surface area contributed by atoms with Gasteiger partial charge in [-0.2, -0.15) is 0 Å². The highest BCUT2D eigenvalue weighted by Gasteiger charge is 2.30. The summed E-state index contributed by atoms with van der Waals surface area (Å²) in [4.78, 5) is 10.0. The van der Waals surface area contributed by atoms with Crippen molar-refractivity contribution in [2.75, 3.05) is 0 Å². The quantitative estimate of drug-likeness (QED) is 0.181. The fourth-order valence-corrected chi connectivity index (χ4v) is 8.08. The maximum atomic E-state index is 12.6. The Labute approximate surface area is 389 Å². The molecule has 320 valence electrons. The van der Waals surface area contributed by atoms with Gasteiger partial charge in [0.1, 0.15) is 11.6 Å². The highest BCUT2D eigenvalue weighted by atomic mass is 16.3. The maximum Gasteiger partial charge on any atom is 0.149 e. The van der Waals surface area contributed by atoms with Crippen LogP contribution in [0.1, 0.15) is 125 Å². The minimum atomic E-state index is -2.97. The van der Waals surface area contributed by atoms with Crippen LogP contribution in [0.15, 0.2) is 139 Å². The van der Waals surface area contributed by atoms with Crippen molar-refractivity contribution in [3.05, 3.63) is 167 Å². The number of hydrogen-bond acceptors (Lipinski definition) is 3. The number of phenols is 1. The number of benzene rings is 6. The van der Waals surface area contributed by atoms with Crippen molar-refractivity contribution in [3.8, 4) is 67.5 Å². The second-order valence-electron chi connectivity index (χ2n) is 20.7. The number of fused-ring (bicyclic) bond motifs is 1. The lowest BCUT2D eigenvalue weighted by atomic mass is 9.78. The Hall–Kier alpha value is -6.26. The smallest absolute Gasteiger partial charge is 0.149 e. The number of nitrogens with zero attached hydrogens (tertiary/aromatic N) is 3. The molecule has 1 N–H and O–H groups in total. The van der Waals surface area contributed by atoms with Gasteiger partial charge in [0.15, 0.2) is 0 Å². The lowest BCUT2D eigenvalue weighted by Crippen LogP contribution is -2.18. The van der Waals surface area contributed by atoms with Crippen LogP contribution in [0.4, 0.5) is 0 Å². The molecular weight excluding hydrogens is 767 g/mol. The monoisotopic (exact) mass is 840 g/mol. The van der Waals surface area contributed by atoms with Crippen LogP contribution in [0.2, 0.25) is 0 Å².